The minimum absolute atomic E-state index is 0.242. The van der Waals surface area contributed by atoms with E-state index < -0.39 is 6.10 Å². The molecule has 0 aliphatic carbocycles. The van der Waals surface area contributed by atoms with Gasteiger partial charge in [-0.05, 0) is 12.8 Å². The molecule has 0 amide bonds. The number of hydrogen-bond donors (Lipinski definition) is 5. The fraction of sp³-hybridized carbons (Fsp3) is 0.500. The first-order valence-corrected chi connectivity index (χ1v) is 5.67. The fourth-order valence-corrected chi connectivity index (χ4v) is 1.56. The van der Waals surface area contributed by atoms with Gasteiger partial charge < -0.3 is 20.5 Å². The molecule has 0 aliphatic heterocycles. The Balaban J connectivity index is 1.93. The van der Waals surface area contributed by atoms with Crippen molar-refractivity contribution in [2.45, 2.75) is 18.9 Å². The lowest BCUT2D eigenvalue weighted by atomic mass is 10.2. The standard InChI is InChI=1S/C10H15N5O3/c16-4-6(17)2-1-3-11-10-14-8-7(9(18)15-10)12-5-13-8/h5-6,16-17H,1-4H2,(H3,11,12,13,14,15,18). The van der Waals surface area contributed by atoms with Crippen molar-refractivity contribution >= 4 is 17.1 Å². The molecule has 5 N–H and O–H groups in total. The maximum atomic E-state index is 11.6. The second kappa shape index (κ2) is 5.61. The Bertz CT molecular complexity index is 564. The van der Waals surface area contributed by atoms with Crippen molar-refractivity contribution in [1.82, 2.24) is 19.9 Å². The van der Waals surface area contributed by atoms with Gasteiger partial charge in [0.15, 0.2) is 11.2 Å². The Hall–Kier alpha value is -1.93. The normalized spacial score (nSPS) is 12.8. The number of aliphatic hydroxyl groups excluding tert-OH is 2. The molecule has 18 heavy (non-hydrogen) atoms. The molecular formula is C10H15N5O3. The zero-order valence-electron chi connectivity index (χ0n) is 9.68. The van der Waals surface area contributed by atoms with Crippen LogP contribution >= 0.6 is 0 Å². The number of rotatable bonds is 6. The molecular weight excluding hydrogens is 238 g/mol. The zero-order chi connectivity index (χ0) is 13.0. The van der Waals surface area contributed by atoms with Gasteiger partial charge in [0.05, 0.1) is 19.0 Å². The number of fused-ring (bicyclic) bond motifs is 1. The Morgan fingerprint density at radius 3 is 3.11 bits per heavy atom. The van der Waals surface area contributed by atoms with Crippen molar-refractivity contribution < 1.29 is 10.2 Å². The largest absolute Gasteiger partial charge is 0.394 e. The van der Waals surface area contributed by atoms with Crippen LogP contribution in [-0.4, -0.2) is 49.4 Å². The lowest BCUT2D eigenvalue weighted by Crippen LogP contribution is -2.16. The molecule has 0 aliphatic rings. The lowest BCUT2D eigenvalue weighted by Gasteiger charge is -2.07. The van der Waals surface area contributed by atoms with Gasteiger partial charge in [-0.2, -0.15) is 4.98 Å². The van der Waals surface area contributed by atoms with Gasteiger partial charge in [-0.1, -0.05) is 0 Å². The first kappa shape index (κ1) is 12.5. The minimum Gasteiger partial charge on any atom is -0.394 e. The van der Waals surface area contributed by atoms with Gasteiger partial charge in [0.1, 0.15) is 0 Å². The Morgan fingerprint density at radius 1 is 1.50 bits per heavy atom. The molecule has 0 radical (unpaired) electrons. The van der Waals surface area contributed by atoms with Gasteiger partial charge in [-0.3, -0.25) is 9.78 Å². The third-order valence-corrected chi connectivity index (χ3v) is 2.51. The topological polar surface area (TPSA) is 127 Å². The highest BCUT2D eigenvalue weighted by atomic mass is 16.3. The molecule has 0 saturated carbocycles. The second-order valence-electron chi connectivity index (χ2n) is 3.92. The van der Waals surface area contributed by atoms with Crippen molar-refractivity contribution in [3.8, 4) is 0 Å². The highest BCUT2D eigenvalue weighted by Crippen LogP contribution is 2.03. The molecule has 8 nitrogen and oxygen atoms in total. The zero-order valence-corrected chi connectivity index (χ0v) is 9.68. The van der Waals surface area contributed by atoms with Gasteiger partial charge >= 0.3 is 0 Å². The first-order valence-electron chi connectivity index (χ1n) is 5.67. The first-order chi connectivity index (χ1) is 8.70. The summed E-state index contributed by atoms with van der Waals surface area (Å²) < 4.78 is 0. The van der Waals surface area contributed by atoms with Gasteiger partial charge in [-0.15, -0.1) is 0 Å². The third-order valence-electron chi connectivity index (χ3n) is 2.51. The maximum absolute atomic E-state index is 11.6. The molecule has 0 aromatic carbocycles. The summed E-state index contributed by atoms with van der Waals surface area (Å²) in [7, 11) is 0. The molecule has 1 atom stereocenters. The van der Waals surface area contributed by atoms with E-state index in [0.717, 1.165) is 0 Å². The van der Waals surface area contributed by atoms with E-state index in [-0.39, 0.29) is 12.2 Å². The summed E-state index contributed by atoms with van der Waals surface area (Å²) in [6.45, 7) is 0.296. The van der Waals surface area contributed by atoms with Crippen LogP contribution in [0.2, 0.25) is 0 Å². The molecule has 2 rings (SSSR count). The molecule has 0 spiro atoms. The van der Waals surface area contributed by atoms with Crippen molar-refractivity contribution in [2.75, 3.05) is 18.5 Å². The number of hydrogen-bond acceptors (Lipinski definition) is 6. The highest BCUT2D eigenvalue weighted by Gasteiger charge is 2.05. The van der Waals surface area contributed by atoms with Gasteiger partial charge in [0.25, 0.3) is 5.56 Å². The molecule has 2 aromatic rings. The van der Waals surface area contributed by atoms with E-state index in [9.17, 15) is 4.79 Å². The van der Waals surface area contributed by atoms with Crippen LogP contribution in [0.5, 0.6) is 0 Å². The van der Waals surface area contributed by atoms with Crippen LogP contribution in [-0.2, 0) is 0 Å². The number of anilines is 1. The Kier molecular flexibility index (Phi) is 3.90. The van der Waals surface area contributed by atoms with Crippen LogP contribution in [0.4, 0.5) is 5.95 Å². The van der Waals surface area contributed by atoms with E-state index in [1.807, 2.05) is 0 Å². The summed E-state index contributed by atoms with van der Waals surface area (Å²) in [6, 6.07) is 0. The highest BCUT2D eigenvalue weighted by molar-refractivity contribution is 5.69. The molecule has 8 heteroatoms. The summed E-state index contributed by atoms with van der Waals surface area (Å²) in [5, 5.41) is 20.7. The van der Waals surface area contributed by atoms with E-state index in [4.69, 9.17) is 10.2 Å². The molecule has 0 bridgehead atoms. The molecule has 0 fully saturated rings. The molecule has 0 saturated heterocycles. The van der Waals surface area contributed by atoms with Crippen molar-refractivity contribution in [3.05, 3.63) is 16.7 Å². The summed E-state index contributed by atoms with van der Waals surface area (Å²) in [6.07, 6.45) is 1.85. The minimum atomic E-state index is -0.701. The maximum Gasteiger partial charge on any atom is 0.278 e. The van der Waals surface area contributed by atoms with Crippen LogP contribution in [0, 0.1) is 0 Å². The number of nitrogens with zero attached hydrogens (tertiary/aromatic N) is 2. The number of aliphatic hydroxyl groups is 2. The number of aromatic nitrogens is 4. The summed E-state index contributed by atoms with van der Waals surface area (Å²) in [4.78, 5) is 24.9. The average Bonchev–Trinajstić information content (AvgIpc) is 2.83. The fourth-order valence-electron chi connectivity index (χ4n) is 1.56. The average molecular weight is 253 g/mol. The van der Waals surface area contributed by atoms with Crippen LogP contribution in [0.1, 0.15) is 12.8 Å². The van der Waals surface area contributed by atoms with Crippen LogP contribution < -0.4 is 10.9 Å². The van der Waals surface area contributed by atoms with Crippen LogP contribution in [0.15, 0.2) is 11.1 Å². The Morgan fingerprint density at radius 2 is 2.33 bits per heavy atom. The quantitative estimate of drug-likeness (QED) is 0.428. The van der Waals surface area contributed by atoms with E-state index in [1.54, 1.807) is 0 Å². The number of imidazole rings is 1. The molecule has 2 heterocycles. The van der Waals surface area contributed by atoms with E-state index in [1.165, 1.54) is 6.33 Å². The van der Waals surface area contributed by atoms with Gasteiger partial charge in [-0.25, -0.2) is 4.98 Å². The monoisotopic (exact) mass is 253 g/mol. The smallest absolute Gasteiger partial charge is 0.278 e. The molecule has 1 unspecified atom stereocenters. The predicted octanol–water partition coefficient (Wildman–Crippen LogP) is -0.808. The summed E-state index contributed by atoms with van der Waals surface area (Å²) >= 11 is 0. The predicted molar refractivity (Wildman–Crippen MR) is 65.3 cm³/mol. The summed E-state index contributed by atoms with van der Waals surface area (Å²) in [5.74, 6) is 0.345. The summed E-state index contributed by atoms with van der Waals surface area (Å²) in [5.41, 5.74) is 0.420. The van der Waals surface area contributed by atoms with Gasteiger partial charge in [0, 0.05) is 6.54 Å². The molecule has 98 valence electrons. The van der Waals surface area contributed by atoms with Crippen molar-refractivity contribution in [3.63, 3.8) is 0 Å². The Labute approximate surface area is 102 Å². The van der Waals surface area contributed by atoms with E-state index >= 15 is 0 Å². The van der Waals surface area contributed by atoms with E-state index in [0.29, 0.717) is 36.5 Å². The second-order valence-corrected chi connectivity index (χ2v) is 3.92. The van der Waals surface area contributed by atoms with Crippen LogP contribution in [0.25, 0.3) is 11.2 Å². The van der Waals surface area contributed by atoms with Gasteiger partial charge in [0.2, 0.25) is 5.95 Å². The number of aromatic amines is 2. The van der Waals surface area contributed by atoms with Crippen molar-refractivity contribution in [1.29, 1.82) is 0 Å². The third kappa shape index (κ3) is 2.84. The lowest BCUT2D eigenvalue weighted by molar-refractivity contribution is 0.0874. The number of nitrogens with one attached hydrogen (secondary N) is 3. The SMILES string of the molecule is O=c1[nH]c(NCCCC(O)CO)nc2nc[nH]c12. The van der Waals surface area contributed by atoms with Crippen LogP contribution in [0.3, 0.4) is 0 Å². The van der Waals surface area contributed by atoms with E-state index in [2.05, 4.69) is 25.3 Å². The van der Waals surface area contributed by atoms with Crippen molar-refractivity contribution in [2.24, 2.45) is 0 Å². The molecule has 2 aromatic heterocycles. The number of H-pyrrole nitrogens is 2.